The first-order valence-corrected chi connectivity index (χ1v) is 12.8. The second-order valence-electron chi connectivity index (χ2n) is 8.64. The molecule has 4 rings (SSSR count). The predicted molar refractivity (Wildman–Crippen MR) is 132 cm³/mol. The highest BCUT2D eigenvalue weighted by molar-refractivity contribution is 7.92. The number of hydrogen-bond acceptors (Lipinski definition) is 3. The topological polar surface area (TPSA) is 66.5 Å². The Morgan fingerprint density at radius 3 is 2.33 bits per heavy atom. The molecule has 0 heterocycles. The van der Waals surface area contributed by atoms with Crippen molar-refractivity contribution in [2.45, 2.75) is 50.5 Å². The number of carbonyl (C=O) groups is 1. The van der Waals surface area contributed by atoms with Crippen molar-refractivity contribution in [1.82, 2.24) is 5.32 Å². The minimum Gasteiger partial charge on any atom is -0.348 e. The maximum atomic E-state index is 13.5. The van der Waals surface area contributed by atoms with Crippen LogP contribution in [-0.2, 0) is 27.7 Å². The molecule has 0 fully saturated rings. The number of anilines is 1. The fraction of sp³-hybridized carbons (Fsp3) is 0.296. The quantitative estimate of drug-likeness (QED) is 0.540. The summed E-state index contributed by atoms with van der Waals surface area (Å²) in [6, 6.07) is 21.6. The molecule has 0 aliphatic heterocycles. The van der Waals surface area contributed by atoms with Crippen LogP contribution in [0.3, 0.4) is 0 Å². The zero-order valence-corrected chi connectivity index (χ0v) is 19.9. The van der Waals surface area contributed by atoms with Crippen molar-refractivity contribution in [3.05, 3.63) is 95.1 Å². The first-order valence-electron chi connectivity index (χ1n) is 11.4. The Kier molecular flexibility index (Phi) is 6.84. The third-order valence-electron chi connectivity index (χ3n) is 6.25. The second-order valence-corrected chi connectivity index (χ2v) is 10.5. The number of sulfonamides is 1. The van der Waals surface area contributed by atoms with Crippen LogP contribution in [0.4, 0.5) is 5.69 Å². The highest BCUT2D eigenvalue weighted by atomic mass is 32.2. The lowest BCUT2D eigenvalue weighted by atomic mass is 9.89. The number of benzene rings is 3. The van der Waals surface area contributed by atoms with Gasteiger partial charge in [-0.05, 0) is 80.0 Å². The molecule has 1 N–H and O–H groups in total. The Morgan fingerprint density at radius 2 is 1.61 bits per heavy atom. The minimum atomic E-state index is -3.91. The van der Waals surface area contributed by atoms with Crippen LogP contribution in [0.25, 0.3) is 0 Å². The number of amides is 1. The summed E-state index contributed by atoms with van der Waals surface area (Å²) in [5, 5.41) is 3.00. The van der Waals surface area contributed by atoms with Gasteiger partial charge in [0.1, 0.15) is 6.54 Å². The summed E-state index contributed by atoms with van der Waals surface area (Å²) in [4.78, 5) is 13.2. The molecule has 0 saturated carbocycles. The molecular weight excluding hydrogens is 432 g/mol. The molecule has 5 nitrogen and oxygen atoms in total. The maximum Gasteiger partial charge on any atom is 0.264 e. The van der Waals surface area contributed by atoms with Gasteiger partial charge in [-0.25, -0.2) is 8.42 Å². The van der Waals surface area contributed by atoms with Crippen LogP contribution >= 0.6 is 0 Å². The Labute approximate surface area is 196 Å². The molecular formula is C27H30N2O3S. The Hall–Kier alpha value is -3.12. The van der Waals surface area contributed by atoms with Gasteiger partial charge in [0.05, 0.1) is 16.6 Å². The fourth-order valence-corrected chi connectivity index (χ4v) is 5.89. The second kappa shape index (κ2) is 9.79. The highest BCUT2D eigenvalue weighted by Crippen LogP contribution is 2.27. The zero-order valence-electron chi connectivity index (χ0n) is 19.1. The monoisotopic (exact) mass is 462 g/mol. The molecule has 3 aromatic carbocycles. The number of fused-ring (bicyclic) bond motifs is 1. The van der Waals surface area contributed by atoms with E-state index in [0.717, 1.165) is 24.0 Å². The Balaban J connectivity index is 1.57. The Bertz CT molecular complexity index is 1240. The molecule has 1 aliphatic carbocycles. The summed E-state index contributed by atoms with van der Waals surface area (Å²) in [6.45, 7) is 3.49. The molecule has 6 heteroatoms. The van der Waals surface area contributed by atoms with Crippen molar-refractivity contribution in [2.75, 3.05) is 10.8 Å². The third kappa shape index (κ3) is 5.11. The van der Waals surface area contributed by atoms with Crippen LogP contribution in [0.15, 0.2) is 77.7 Å². The molecule has 0 spiro atoms. The van der Waals surface area contributed by atoms with Crippen LogP contribution in [0.5, 0.6) is 0 Å². The molecule has 0 unspecified atom stereocenters. The lowest BCUT2D eigenvalue weighted by molar-refractivity contribution is -0.120. The fourth-order valence-electron chi connectivity index (χ4n) is 4.39. The molecule has 0 bridgehead atoms. The van der Waals surface area contributed by atoms with E-state index in [4.69, 9.17) is 0 Å². The van der Waals surface area contributed by atoms with Gasteiger partial charge in [-0.15, -0.1) is 0 Å². The zero-order chi connectivity index (χ0) is 23.4. The van der Waals surface area contributed by atoms with Gasteiger partial charge in [-0.2, -0.15) is 0 Å². The minimum absolute atomic E-state index is 0.156. The van der Waals surface area contributed by atoms with Gasteiger partial charge in [-0.3, -0.25) is 9.10 Å². The summed E-state index contributed by atoms with van der Waals surface area (Å²) in [6.07, 6.45) is 4.60. The largest absolute Gasteiger partial charge is 0.348 e. The standard InChI is InChI=1S/C27H30N2O3S/c1-20-10-6-9-15-26(20)29(33(31,32)25-13-4-3-5-14-25)19-27(30)28-21(2)23-17-16-22-11-7-8-12-24(22)18-23/h3-6,9-10,13-18,21H,7-8,11-12,19H2,1-2H3,(H,28,30)/t21-/m1/s1. The molecule has 3 aromatic rings. The van der Waals surface area contributed by atoms with Gasteiger partial charge in [0.2, 0.25) is 5.91 Å². The predicted octanol–water partition coefficient (Wildman–Crippen LogP) is 4.95. The lowest BCUT2D eigenvalue weighted by Gasteiger charge is -2.26. The van der Waals surface area contributed by atoms with Gasteiger partial charge in [-0.1, -0.05) is 54.6 Å². The van der Waals surface area contributed by atoms with E-state index in [1.165, 1.54) is 28.3 Å². The molecule has 0 radical (unpaired) electrons. The third-order valence-corrected chi connectivity index (χ3v) is 8.03. The van der Waals surface area contributed by atoms with E-state index in [0.29, 0.717) is 5.69 Å². The van der Waals surface area contributed by atoms with Crippen molar-refractivity contribution in [2.24, 2.45) is 0 Å². The molecule has 1 aliphatic rings. The molecule has 33 heavy (non-hydrogen) atoms. The van der Waals surface area contributed by atoms with Gasteiger partial charge in [0.15, 0.2) is 0 Å². The van der Waals surface area contributed by atoms with Gasteiger partial charge in [0, 0.05) is 0 Å². The van der Waals surface area contributed by atoms with E-state index in [2.05, 4.69) is 23.5 Å². The molecule has 1 amide bonds. The van der Waals surface area contributed by atoms with E-state index in [9.17, 15) is 13.2 Å². The van der Waals surface area contributed by atoms with Gasteiger partial charge >= 0.3 is 0 Å². The van der Waals surface area contributed by atoms with E-state index >= 15 is 0 Å². The van der Waals surface area contributed by atoms with Crippen molar-refractivity contribution < 1.29 is 13.2 Å². The summed E-state index contributed by atoms with van der Waals surface area (Å²) < 4.78 is 28.2. The average Bonchev–Trinajstić information content (AvgIpc) is 2.83. The molecule has 1 atom stereocenters. The number of aryl methyl sites for hydroxylation is 3. The normalized spacial score (nSPS) is 14.2. The van der Waals surface area contributed by atoms with E-state index < -0.39 is 10.0 Å². The van der Waals surface area contributed by atoms with Crippen LogP contribution in [0.2, 0.25) is 0 Å². The Morgan fingerprint density at radius 1 is 0.939 bits per heavy atom. The maximum absolute atomic E-state index is 13.5. The van der Waals surface area contributed by atoms with Crippen LogP contribution < -0.4 is 9.62 Å². The van der Waals surface area contributed by atoms with Crippen molar-refractivity contribution >= 4 is 21.6 Å². The molecule has 172 valence electrons. The highest BCUT2D eigenvalue weighted by Gasteiger charge is 2.28. The van der Waals surface area contributed by atoms with Crippen LogP contribution in [0.1, 0.15) is 48.1 Å². The summed E-state index contributed by atoms with van der Waals surface area (Å²) in [5.41, 5.74) is 5.07. The number of nitrogens with one attached hydrogen (secondary N) is 1. The molecule has 0 aromatic heterocycles. The van der Waals surface area contributed by atoms with Crippen molar-refractivity contribution in [3.63, 3.8) is 0 Å². The number of hydrogen-bond donors (Lipinski definition) is 1. The number of carbonyl (C=O) groups excluding carboxylic acids is 1. The van der Waals surface area contributed by atoms with Crippen LogP contribution in [-0.4, -0.2) is 20.9 Å². The van der Waals surface area contributed by atoms with E-state index in [1.54, 1.807) is 42.5 Å². The smallest absolute Gasteiger partial charge is 0.264 e. The van der Waals surface area contributed by atoms with Gasteiger partial charge < -0.3 is 5.32 Å². The lowest BCUT2D eigenvalue weighted by Crippen LogP contribution is -2.41. The van der Waals surface area contributed by atoms with Crippen LogP contribution in [0, 0.1) is 6.92 Å². The first-order chi connectivity index (χ1) is 15.9. The number of nitrogens with zero attached hydrogens (tertiary/aromatic N) is 1. The average molecular weight is 463 g/mol. The first kappa shape index (κ1) is 23.1. The summed E-state index contributed by atoms with van der Waals surface area (Å²) >= 11 is 0. The number of rotatable bonds is 7. The van der Waals surface area contributed by atoms with E-state index in [1.807, 2.05) is 26.0 Å². The van der Waals surface area contributed by atoms with E-state index in [-0.39, 0.29) is 23.4 Å². The van der Waals surface area contributed by atoms with Crippen molar-refractivity contribution in [1.29, 1.82) is 0 Å². The van der Waals surface area contributed by atoms with Crippen molar-refractivity contribution in [3.8, 4) is 0 Å². The van der Waals surface area contributed by atoms with Gasteiger partial charge in [0.25, 0.3) is 10.0 Å². The summed E-state index contributed by atoms with van der Waals surface area (Å²) in [7, 11) is -3.91. The number of para-hydroxylation sites is 1. The molecule has 0 saturated heterocycles. The summed E-state index contributed by atoms with van der Waals surface area (Å²) in [5.74, 6) is -0.344. The SMILES string of the molecule is Cc1ccccc1N(CC(=O)N[C@H](C)c1ccc2c(c1)CCCC2)S(=O)(=O)c1ccccc1.